The van der Waals surface area contributed by atoms with Gasteiger partial charge in [0.15, 0.2) is 14.1 Å². The van der Waals surface area contributed by atoms with E-state index in [2.05, 4.69) is 45.5 Å². The van der Waals surface area contributed by atoms with Crippen molar-refractivity contribution in [1.82, 2.24) is 4.90 Å². The third-order valence-electron chi connectivity index (χ3n) is 7.11. The van der Waals surface area contributed by atoms with Crippen LogP contribution in [0.5, 0.6) is 0 Å². The topological polar surface area (TPSA) is 29.5 Å². The minimum Gasteiger partial charge on any atom is -0.415 e. The Labute approximate surface area is 155 Å². The fourth-order valence-electron chi connectivity index (χ4n) is 4.86. The van der Waals surface area contributed by atoms with Gasteiger partial charge in [0.05, 0.1) is 12.6 Å². The van der Waals surface area contributed by atoms with Crippen LogP contribution in [0.25, 0.3) is 0 Å². The molecule has 1 aliphatic heterocycles. The van der Waals surface area contributed by atoms with Gasteiger partial charge in [0, 0.05) is 12.9 Å². The Balaban J connectivity index is 0.00000100. The Hall–Kier alpha value is 0.00182. The highest BCUT2D eigenvalue weighted by molar-refractivity contribution is 6.74. The van der Waals surface area contributed by atoms with Crippen LogP contribution >= 0.6 is 11.6 Å². The summed E-state index contributed by atoms with van der Waals surface area (Å²) in [6.07, 6.45) is 5.54. The summed E-state index contributed by atoms with van der Waals surface area (Å²) in [4.78, 5) is 13.8. The highest BCUT2D eigenvalue weighted by Gasteiger charge is 2.56. The Kier molecular flexibility index (Phi) is 6.20. The molecule has 3 aliphatic rings. The van der Waals surface area contributed by atoms with E-state index in [4.69, 9.17) is 12.3 Å². The quantitative estimate of drug-likeness (QED) is 0.541. The van der Waals surface area contributed by atoms with Crippen LogP contribution in [-0.4, -0.2) is 52.4 Å². The molecule has 24 heavy (non-hydrogen) atoms. The molecular weight excluding hydrogens is 337 g/mol. The van der Waals surface area contributed by atoms with Gasteiger partial charge in [0.1, 0.15) is 0 Å². The van der Waals surface area contributed by atoms with Gasteiger partial charge in [-0.25, -0.2) is 0 Å². The molecule has 4 unspecified atom stereocenters. The molecule has 1 amide bonds. The zero-order chi connectivity index (χ0) is 18.3. The summed E-state index contributed by atoms with van der Waals surface area (Å²) in [6, 6.07) is 0.215. The van der Waals surface area contributed by atoms with Crippen molar-refractivity contribution in [1.29, 1.82) is 0 Å². The van der Waals surface area contributed by atoms with Gasteiger partial charge in [-0.15, -0.1) is 11.6 Å². The SMILES string of the molecule is CCl.[B]C(=O)N1CC2C3CCC(C3)C2[C@H]1CO[Si](C)(C)C(C)(C)C. The van der Waals surface area contributed by atoms with Crippen LogP contribution in [0, 0.1) is 23.7 Å². The fourth-order valence-corrected chi connectivity index (χ4v) is 5.88. The van der Waals surface area contributed by atoms with Crippen molar-refractivity contribution in [3.8, 4) is 0 Å². The first-order chi connectivity index (χ1) is 11.1. The molecule has 2 aliphatic carbocycles. The van der Waals surface area contributed by atoms with Crippen LogP contribution in [0.2, 0.25) is 18.1 Å². The lowest BCUT2D eigenvalue weighted by molar-refractivity contribution is 0.137. The van der Waals surface area contributed by atoms with E-state index in [1.165, 1.54) is 25.6 Å². The number of fused-ring (bicyclic) bond motifs is 5. The van der Waals surface area contributed by atoms with Gasteiger partial charge in [-0.2, -0.15) is 0 Å². The first kappa shape index (κ1) is 20.3. The maximum atomic E-state index is 11.9. The maximum Gasteiger partial charge on any atom is 0.200 e. The molecule has 1 heterocycles. The Morgan fingerprint density at radius 3 is 2.38 bits per heavy atom. The van der Waals surface area contributed by atoms with E-state index in [-0.39, 0.29) is 16.9 Å². The number of halogens is 1. The van der Waals surface area contributed by atoms with Gasteiger partial charge < -0.3 is 9.33 Å². The molecule has 1 saturated heterocycles. The van der Waals surface area contributed by atoms with Gasteiger partial charge >= 0.3 is 0 Å². The van der Waals surface area contributed by atoms with E-state index >= 15 is 0 Å². The fraction of sp³-hybridized carbons (Fsp3) is 0.944. The number of alkyl halides is 1. The van der Waals surface area contributed by atoms with Crippen molar-refractivity contribution in [2.75, 3.05) is 19.5 Å². The second-order valence-electron chi connectivity index (χ2n) is 9.20. The Bertz CT molecular complexity index is 468. The molecule has 3 rings (SSSR count). The first-order valence-corrected chi connectivity index (χ1v) is 12.9. The summed E-state index contributed by atoms with van der Waals surface area (Å²) in [6.45, 7) is 12.9. The second kappa shape index (κ2) is 7.32. The maximum absolute atomic E-state index is 11.9. The summed E-state index contributed by atoms with van der Waals surface area (Å²) in [5.74, 6) is 2.69. The number of hydrogen-bond acceptors (Lipinski definition) is 2. The summed E-state index contributed by atoms with van der Waals surface area (Å²) < 4.78 is 6.46. The minimum absolute atomic E-state index is 0.206. The van der Waals surface area contributed by atoms with Gasteiger partial charge in [-0.3, -0.25) is 4.79 Å². The van der Waals surface area contributed by atoms with Crippen molar-refractivity contribution in [3.63, 3.8) is 0 Å². The predicted octanol–water partition coefficient (Wildman–Crippen LogP) is 4.50. The molecule has 0 aromatic rings. The van der Waals surface area contributed by atoms with Crippen molar-refractivity contribution in [2.24, 2.45) is 23.7 Å². The highest BCUT2D eigenvalue weighted by atomic mass is 35.5. The molecule has 136 valence electrons. The van der Waals surface area contributed by atoms with E-state index < -0.39 is 8.32 Å². The smallest absolute Gasteiger partial charge is 0.200 e. The standard InChI is InChI=1S/C17H30BNO2Si.CH3Cl/c1-17(2,3)22(4,5)21-10-14-15-12-7-6-11(8-12)13(15)9-19(14)16(18)20;1-2/h11-15H,6-10H2,1-5H3;1H3/t11?,12?,13?,14-,15?;/m1./s1. The van der Waals surface area contributed by atoms with Gasteiger partial charge in [-0.1, -0.05) is 20.8 Å². The zero-order valence-electron chi connectivity index (χ0n) is 16.1. The molecular formula is C18H33BClNO2Si. The highest BCUT2D eigenvalue weighted by Crippen LogP contribution is 2.57. The molecule has 3 nitrogen and oxygen atoms in total. The van der Waals surface area contributed by atoms with Crippen LogP contribution in [0.3, 0.4) is 0 Å². The second-order valence-corrected chi connectivity index (χ2v) is 14.0. The summed E-state index contributed by atoms with van der Waals surface area (Å²) in [5, 5.41) is 0.206. The summed E-state index contributed by atoms with van der Waals surface area (Å²) >= 11 is 4.64. The van der Waals surface area contributed by atoms with Crippen molar-refractivity contribution in [2.45, 2.75) is 64.2 Å². The Morgan fingerprint density at radius 2 is 1.83 bits per heavy atom. The molecule has 0 spiro atoms. The molecule has 0 N–H and O–H groups in total. The molecule has 5 atom stereocenters. The van der Waals surface area contributed by atoms with Crippen molar-refractivity contribution in [3.05, 3.63) is 0 Å². The normalized spacial score (nSPS) is 34.8. The average Bonchev–Trinajstić information content (AvgIpc) is 3.17. The predicted molar refractivity (Wildman–Crippen MR) is 104 cm³/mol. The summed E-state index contributed by atoms with van der Waals surface area (Å²) in [5.41, 5.74) is 0. The van der Waals surface area contributed by atoms with E-state index in [1.807, 2.05) is 4.90 Å². The van der Waals surface area contributed by atoms with Crippen LogP contribution in [-0.2, 0) is 4.43 Å². The summed E-state index contributed by atoms with van der Waals surface area (Å²) in [7, 11) is 3.89. The number of amides is 1. The van der Waals surface area contributed by atoms with Crippen LogP contribution < -0.4 is 0 Å². The number of likely N-dealkylation sites (tertiary alicyclic amines) is 1. The van der Waals surface area contributed by atoms with E-state index in [1.54, 1.807) is 0 Å². The lowest BCUT2D eigenvalue weighted by atomic mass is 9.78. The molecule has 0 aromatic heterocycles. The Morgan fingerprint density at radius 1 is 1.25 bits per heavy atom. The van der Waals surface area contributed by atoms with Gasteiger partial charge in [0.2, 0.25) is 7.85 Å². The average molecular weight is 370 g/mol. The third kappa shape index (κ3) is 3.59. The molecule has 2 saturated carbocycles. The van der Waals surface area contributed by atoms with E-state index in [0.29, 0.717) is 18.4 Å². The lowest BCUT2D eigenvalue weighted by Gasteiger charge is -2.39. The van der Waals surface area contributed by atoms with Crippen molar-refractivity contribution >= 4 is 33.6 Å². The van der Waals surface area contributed by atoms with E-state index in [0.717, 1.165) is 18.4 Å². The first-order valence-electron chi connectivity index (χ1n) is 9.19. The van der Waals surface area contributed by atoms with Crippen LogP contribution in [0.15, 0.2) is 0 Å². The number of carbonyl (C=O) groups is 1. The monoisotopic (exact) mass is 369 g/mol. The third-order valence-corrected chi connectivity index (χ3v) is 11.6. The van der Waals surface area contributed by atoms with E-state index in [9.17, 15) is 4.79 Å². The number of hydrogen-bond donors (Lipinski definition) is 0. The number of rotatable bonds is 3. The largest absolute Gasteiger partial charge is 0.415 e. The van der Waals surface area contributed by atoms with Gasteiger partial charge in [0.25, 0.3) is 0 Å². The minimum atomic E-state index is -1.78. The molecule has 2 bridgehead atoms. The van der Waals surface area contributed by atoms with Crippen LogP contribution in [0.4, 0.5) is 4.79 Å². The van der Waals surface area contributed by atoms with Crippen molar-refractivity contribution < 1.29 is 9.22 Å². The molecule has 6 heteroatoms. The molecule has 2 radical (unpaired) electrons. The lowest BCUT2D eigenvalue weighted by Crippen LogP contribution is -2.47. The number of nitrogens with zero attached hydrogens (tertiary/aromatic N) is 1. The zero-order valence-corrected chi connectivity index (χ0v) is 17.9. The molecule has 0 aromatic carbocycles. The van der Waals surface area contributed by atoms with Crippen LogP contribution in [0.1, 0.15) is 40.0 Å². The number of carbonyl (C=O) groups excluding carboxylic acids is 1. The van der Waals surface area contributed by atoms with Gasteiger partial charge in [-0.05, 0) is 61.1 Å². The molecule has 3 fully saturated rings.